The van der Waals surface area contributed by atoms with Gasteiger partial charge in [-0.1, -0.05) is 6.92 Å². The van der Waals surface area contributed by atoms with Crippen molar-refractivity contribution in [3.8, 4) is 0 Å². The lowest BCUT2D eigenvalue weighted by Gasteiger charge is -2.29. The van der Waals surface area contributed by atoms with Gasteiger partial charge in [-0.3, -0.25) is 0 Å². The first-order chi connectivity index (χ1) is 8.34. The Morgan fingerprint density at radius 2 is 2.06 bits per heavy atom. The van der Waals surface area contributed by atoms with Gasteiger partial charge < -0.3 is 16.2 Å². The van der Waals surface area contributed by atoms with E-state index < -0.39 is 11.6 Å². The number of carbonyl (C=O) groups excluding carboxylic acids is 1. The van der Waals surface area contributed by atoms with Crippen LogP contribution in [-0.4, -0.2) is 30.0 Å². The number of hydrogen-bond donors (Lipinski definition) is 2. The molecule has 5 heteroatoms. The highest BCUT2D eigenvalue weighted by Gasteiger charge is 2.30. The summed E-state index contributed by atoms with van der Waals surface area (Å²) in [5, 5.41) is 0. The molecule has 0 aromatic rings. The van der Waals surface area contributed by atoms with E-state index in [9.17, 15) is 4.79 Å². The lowest BCUT2D eigenvalue weighted by Crippen LogP contribution is -2.39. The molecule has 1 heterocycles. The minimum absolute atomic E-state index is 0.238. The molecular formula is C13H21N3O2. The van der Waals surface area contributed by atoms with E-state index in [2.05, 4.69) is 4.99 Å². The van der Waals surface area contributed by atoms with Gasteiger partial charge in [0.2, 0.25) is 5.90 Å². The van der Waals surface area contributed by atoms with Crippen LogP contribution in [0.5, 0.6) is 0 Å². The van der Waals surface area contributed by atoms with Crippen molar-refractivity contribution in [2.24, 2.45) is 16.5 Å². The molecule has 0 aromatic heterocycles. The van der Waals surface area contributed by atoms with Gasteiger partial charge in [-0.25, -0.2) is 9.79 Å². The van der Waals surface area contributed by atoms with Gasteiger partial charge in [-0.2, -0.15) is 0 Å². The van der Waals surface area contributed by atoms with Crippen molar-refractivity contribution < 1.29 is 9.53 Å². The fourth-order valence-corrected chi connectivity index (χ4v) is 1.77. The summed E-state index contributed by atoms with van der Waals surface area (Å²) in [6, 6.07) is -0.572. The second-order valence-electron chi connectivity index (χ2n) is 5.15. The van der Waals surface area contributed by atoms with E-state index in [-0.39, 0.29) is 18.0 Å². The van der Waals surface area contributed by atoms with Crippen LogP contribution < -0.4 is 11.5 Å². The van der Waals surface area contributed by atoms with Gasteiger partial charge >= 0.3 is 0 Å². The number of hydrogen-bond acceptors (Lipinski definition) is 5. The average molecular weight is 251 g/mol. The monoisotopic (exact) mass is 251 g/mol. The molecule has 0 amide bonds. The third kappa shape index (κ3) is 3.07. The standard InChI is InChI=1S/C13H21N3O2/c1-5-10-8(6-14)11(15)9(7-17)12(16-10)18-13(2,3)4/h11H,5-6,14-15H2,1-4H3. The summed E-state index contributed by atoms with van der Waals surface area (Å²) in [5.74, 6) is 2.09. The highest BCUT2D eigenvalue weighted by Crippen LogP contribution is 2.25. The van der Waals surface area contributed by atoms with E-state index in [0.29, 0.717) is 6.42 Å². The van der Waals surface area contributed by atoms with E-state index >= 15 is 0 Å². The average Bonchev–Trinajstić information content (AvgIpc) is 2.26. The van der Waals surface area contributed by atoms with Gasteiger partial charge in [0.15, 0.2) is 0 Å². The SMILES string of the molecule is CCC1=C(CN)C(N)C(=C=O)C(OC(C)(C)C)=N1. The predicted molar refractivity (Wildman–Crippen MR) is 71.8 cm³/mol. The molecule has 1 rings (SSSR count). The molecule has 5 nitrogen and oxygen atoms in total. The minimum Gasteiger partial charge on any atom is -0.471 e. The molecule has 0 aliphatic carbocycles. The number of rotatable bonds is 2. The first-order valence-electron chi connectivity index (χ1n) is 6.04. The van der Waals surface area contributed by atoms with Gasteiger partial charge in [-0.15, -0.1) is 0 Å². The molecule has 1 aliphatic heterocycles. The zero-order chi connectivity index (χ0) is 13.9. The summed E-state index contributed by atoms with van der Waals surface area (Å²) in [6.45, 7) is 7.90. The number of allylic oxidation sites excluding steroid dienone is 1. The largest absolute Gasteiger partial charge is 0.471 e. The van der Waals surface area contributed by atoms with Crippen molar-refractivity contribution >= 4 is 11.8 Å². The van der Waals surface area contributed by atoms with Crippen LogP contribution in [0.2, 0.25) is 0 Å². The molecule has 1 atom stereocenters. The summed E-state index contributed by atoms with van der Waals surface area (Å²) >= 11 is 0. The highest BCUT2D eigenvalue weighted by atomic mass is 16.5. The third-order valence-electron chi connectivity index (χ3n) is 2.59. The Balaban J connectivity index is 3.26. The molecule has 0 radical (unpaired) electrons. The maximum Gasteiger partial charge on any atom is 0.230 e. The third-order valence-corrected chi connectivity index (χ3v) is 2.59. The van der Waals surface area contributed by atoms with Gasteiger partial charge in [0, 0.05) is 12.2 Å². The molecule has 18 heavy (non-hydrogen) atoms. The van der Waals surface area contributed by atoms with Crippen molar-refractivity contribution in [2.45, 2.75) is 45.8 Å². The molecule has 4 N–H and O–H groups in total. The molecule has 0 aromatic carbocycles. The summed E-state index contributed by atoms with van der Waals surface area (Å²) in [5.41, 5.74) is 13.0. The molecule has 0 saturated carbocycles. The zero-order valence-electron chi connectivity index (χ0n) is 11.4. The molecule has 0 spiro atoms. The minimum atomic E-state index is -0.572. The summed E-state index contributed by atoms with van der Waals surface area (Å²) < 4.78 is 5.67. The van der Waals surface area contributed by atoms with Crippen LogP contribution in [0.1, 0.15) is 34.1 Å². The second-order valence-corrected chi connectivity index (χ2v) is 5.15. The second kappa shape index (κ2) is 5.48. The smallest absolute Gasteiger partial charge is 0.230 e. The molecule has 0 fully saturated rings. The van der Waals surface area contributed by atoms with E-state index in [1.165, 1.54) is 0 Å². The van der Waals surface area contributed by atoms with Crippen LogP contribution in [0, 0.1) is 0 Å². The van der Waals surface area contributed by atoms with Gasteiger partial charge in [0.25, 0.3) is 0 Å². The lowest BCUT2D eigenvalue weighted by molar-refractivity contribution is 0.116. The van der Waals surface area contributed by atoms with E-state index in [4.69, 9.17) is 16.2 Å². The normalized spacial score (nSPS) is 20.7. The van der Waals surface area contributed by atoms with Crippen molar-refractivity contribution in [2.75, 3.05) is 6.54 Å². The predicted octanol–water partition coefficient (Wildman–Crippen LogP) is 0.922. The van der Waals surface area contributed by atoms with Crippen molar-refractivity contribution in [1.29, 1.82) is 0 Å². The lowest BCUT2D eigenvalue weighted by atomic mass is 9.94. The van der Waals surface area contributed by atoms with Gasteiger partial charge in [0.05, 0.1) is 6.04 Å². The Hall–Kier alpha value is -1.42. The summed E-state index contributed by atoms with van der Waals surface area (Å²) in [7, 11) is 0. The fourth-order valence-electron chi connectivity index (χ4n) is 1.77. The molecular weight excluding hydrogens is 230 g/mol. The Morgan fingerprint density at radius 1 is 1.44 bits per heavy atom. The van der Waals surface area contributed by atoms with Gasteiger partial charge in [-0.05, 0) is 32.8 Å². The van der Waals surface area contributed by atoms with Crippen molar-refractivity contribution in [3.63, 3.8) is 0 Å². The topological polar surface area (TPSA) is 90.7 Å². The molecule has 0 bridgehead atoms. The number of nitrogens with two attached hydrogens (primary N) is 2. The maximum absolute atomic E-state index is 11.1. The Labute approximate surface area is 108 Å². The van der Waals surface area contributed by atoms with Crippen LogP contribution >= 0.6 is 0 Å². The van der Waals surface area contributed by atoms with Gasteiger partial charge in [0.1, 0.15) is 17.1 Å². The Kier molecular flexibility index (Phi) is 4.46. The first-order valence-corrected chi connectivity index (χ1v) is 6.04. The first kappa shape index (κ1) is 14.6. The van der Waals surface area contributed by atoms with Crippen LogP contribution in [-0.2, 0) is 9.53 Å². The molecule has 100 valence electrons. The van der Waals surface area contributed by atoms with E-state index in [1.807, 2.05) is 33.6 Å². The van der Waals surface area contributed by atoms with Crippen LogP contribution in [0.15, 0.2) is 21.8 Å². The molecule has 0 saturated heterocycles. The van der Waals surface area contributed by atoms with E-state index in [0.717, 1.165) is 11.3 Å². The number of ether oxygens (including phenoxy) is 1. The summed E-state index contributed by atoms with van der Waals surface area (Å²) in [4.78, 5) is 15.4. The molecule has 1 unspecified atom stereocenters. The molecule has 1 aliphatic rings. The fraction of sp³-hybridized carbons (Fsp3) is 0.615. The maximum atomic E-state index is 11.1. The van der Waals surface area contributed by atoms with Crippen molar-refractivity contribution in [1.82, 2.24) is 0 Å². The number of nitrogens with zero attached hydrogens (tertiary/aromatic N) is 1. The summed E-state index contributed by atoms with van der Waals surface area (Å²) in [6.07, 6.45) is 0.698. The highest BCUT2D eigenvalue weighted by molar-refractivity contribution is 6.04. The Bertz CT molecular complexity index is 438. The van der Waals surface area contributed by atoms with Crippen LogP contribution in [0.3, 0.4) is 0 Å². The van der Waals surface area contributed by atoms with Crippen LogP contribution in [0.25, 0.3) is 0 Å². The van der Waals surface area contributed by atoms with Crippen LogP contribution in [0.4, 0.5) is 0 Å². The van der Waals surface area contributed by atoms with E-state index in [1.54, 1.807) is 0 Å². The Morgan fingerprint density at radius 3 is 2.44 bits per heavy atom. The van der Waals surface area contributed by atoms with Crippen molar-refractivity contribution in [3.05, 3.63) is 16.8 Å². The number of aliphatic imine (C=N–C) groups is 1. The zero-order valence-corrected chi connectivity index (χ0v) is 11.4. The quantitative estimate of drug-likeness (QED) is 0.714.